The Kier molecular flexibility index (Phi) is 10.3. The molecule has 49 heavy (non-hydrogen) atoms. The summed E-state index contributed by atoms with van der Waals surface area (Å²) in [7, 11) is 1.63. The van der Waals surface area contributed by atoms with Crippen LogP contribution in [0.15, 0.2) is 34.6 Å². The van der Waals surface area contributed by atoms with E-state index in [2.05, 4.69) is 36.1 Å². The van der Waals surface area contributed by atoms with E-state index in [1.807, 2.05) is 0 Å². The molecule has 6 amide bonds. The molecule has 0 aliphatic carbocycles. The van der Waals surface area contributed by atoms with Crippen LogP contribution in [0, 0.1) is 0 Å². The average molecular weight is 722 g/mol. The van der Waals surface area contributed by atoms with Crippen LogP contribution in [0.1, 0.15) is 12.5 Å². The van der Waals surface area contributed by atoms with Crippen molar-refractivity contribution in [2.45, 2.75) is 29.2 Å². The van der Waals surface area contributed by atoms with Crippen molar-refractivity contribution in [2.75, 3.05) is 36.9 Å². The van der Waals surface area contributed by atoms with Crippen molar-refractivity contribution in [3.05, 3.63) is 35.0 Å². The maximum Gasteiger partial charge on any atom is 1.00 e. The number of benzene rings is 1. The number of nitrogens with two attached hydrogens (primary N) is 2. The molecule has 0 spiro atoms. The molecule has 2 saturated heterocycles. The van der Waals surface area contributed by atoms with Crippen LogP contribution in [0.2, 0.25) is 0 Å². The van der Waals surface area contributed by atoms with Gasteiger partial charge in [0.2, 0.25) is 5.16 Å². The molecule has 2 unspecified atom stereocenters. The number of hydrogen-bond donors (Lipinski definition) is 5. The number of rotatable bonds is 9. The summed E-state index contributed by atoms with van der Waals surface area (Å²) in [6, 6.07) is 1.96. The number of likely N-dealkylation sites (N-methyl/N-ethyl adjacent to an activating group) is 1. The molecule has 3 aromatic rings. The molecule has 23 heteroatoms. The number of β-lactam (4-membered cyclic amide) rings is 1. The number of nitrogens with zero attached hydrogens (tertiary/aromatic N) is 8. The second-order valence-corrected chi connectivity index (χ2v) is 13.0. The Balaban J connectivity index is 0.00000468. The number of piperazine rings is 1. The van der Waals surface area contributed by atoms with Gasteiger partial charge in [-0.15, -0.1) is 16.9 Å². The number of amides is 6. The van der Waals surface area contributed by atoms with Crippen LogP contribution < -0.4 is 56.8 Å². The zero-order valence-corrected chi connectivity index (χ0v) is 30.0. The van der Waals surface area contributed by atoms with Gasteiger partial charge in [0, 0.05) is 43.8 Å². The van der Waals surface area contributed by atoms with Gasteiger partial charge in [0.25, 0.3) is 11.8 Å². The molecule has 3 aliphatic heterocycles. The van der Waals surface area contributed by atoms with Crippen LogP contribution in [0.4, 0.5) is 10.7 Å². The fourth-order valence-corrected chi connectivity index (χ4v) is 7.80. The number of fused-ring (bicyclic) bond motifs is 2. The van der Waals surface area contributed by atoms with Gasteiger partial charge in [-0.25, -0.2) is 14.5 Å². The minimum Gasteiger partial charge on any atom is -0.543 e. The quantitative estimate of drug-likeness (QED) is 0.0451. The number of imide groups is 1. The Bertz CT molecular complexity index is 1920. The van der Waals surface area contributed by atoms with Gasteiger partial charge in [-0.1, -0.05) is 17.8 Å². The summed E-state index contributed by atoms with van der Waals surface area (Å²) in [5, 5.41) is 27.9. The fraction of sp³-hybridized carbons (Fsp3) is 0.385. The number of aromatic nitrogens is 6. The number of tetrazole rings is 1. The Hall–Kier alpha value is -4.22. The molecule has 0 saturated carbocycles. The summed E-state index contributed by atoms with van der Waals surface area (Å²) in [4.78, 5) is 88.2. The summed E-state index contributed by atoms with van der Waals surface area (Å²) < 4.78 is 1.42. The Morgan fingerprint density at radius 1 is 1.20 bits per heavy atom. The smallest absolute Gasteiger partial charge is 0.543 e. The van der Waals surface area contributed by atoms with Crippen LogP contribution in [0.25, 0.3) is 11.0 Å². The maximum atomic E-state index is 14.0. The fourth-order valence-electron chi connectivity index (χ4n) is 5.47. The van der Waals surface area contributed by atoms with E-state index in [0.717, 1.165) is 4.90 Å². The first kappa shape index (κ1) is 36.1. The van der Waals surface area contributed by atoms with E-state index < -0.39 is 52.7 Å². The first-order chi connectivity index (χ1) is 22.8. The molecule has 3 aliphatic rings. The van der Waals surface area contributed by atoms with Crippen LogP contribution in [-0.4, -0.2) is 123 Å². The molecule has 20 nitrogen and oxygen atoms in total. The number of anilines is 1. The largest absolute Gasteiger partial charge is 1.00 e. The number of carbonyl (C=O) groups is 6. The molecule has 2 aromatic heterocycles. The number of nitrogens with one attached hydrogen (secondary N) is 3. The standard InChI is InChI=1S/C26H29N13O7S2.Na/c1-3-37-6-7-38(19(42)18(37)41)24(46)32-26(28,12-4-5-13-14(8-12)30-23(27)29-13)22(45)31-15-17(40)39-16(21(43)44)11(9-47-20(15)39)10-48-25-33-34-35-36(25)2;/h4-5,8,15,20H,3,6-7,9-10,28H2,1-2H3,(H,31,45)(H,32,46)(H,43,44)(H3,27,29,30);/q;+1/p-1/t15?,20-,26?;/m0./s1. The topological polar surface area (TPSA) is 284 Å². The van der Waals surface area contributed by atoms with E-state index in [4.69, 9.17) is 11.5 Å². The maximum absolute atomic E-state index is 14.0. The summed E-state index contributed by atoms with van der Waals surface area (Å²) in [6.45, 7) is 1.87. The third-order valence-corrected chi connectivity index (χ3v) is 10.5. The monoisotopic (exact) mass is 721 g/mol. The van der Waals surface area contributed by atoms with E-state index >= 15 is 0 Å². The number of H-pyrrole nitrogens is 1. The summed E-state index contributed by atoms with van der Waals surface area (Å²) in [6.07, 6.45) is 0. The summed E-state index contributed by atoms with van der Waals surface area (Å²) >= 11 is 2.38. The SMILES string of the molecule is CCN1CCN(C(=O)NC(N)(C(=O)NC2C(=O)N3C(C(=O)[O-])=C(CSc4nnnn4C)CS[C@@H]23)c2ccc3[nH]c(N)nc3c2)C(=O)C1=O.[Na+]. The third kappa shape index (κ3) is 6.46. The summed E-state index contributed by atoms with van der Waals surface area (Å²) in [5.74, 6) is -4.95. The third-order valence-electron chi connectivity index (χ3n) is 8.04. The van der Waals surface area contributed by atoms with Gasteiger partial charge in [0.05, 0.1) is 22.7 Å². The number of carboxylic acids is 1. The zero-order valence-electron chi connectivity index (χ0n) is 26.3. The van der Waals surface area contributed by atoms with Crippen molar-refractivity contribution < 1.29 is 63.4 Å². The number of urea groups is 1. The number of carboxylic acid groups (broad SMARTS) is 1. The van der Waals surface area contributed by atoms with E-state index in [1.165, 1.54) is 51.3 Å². The molecule has 5 heterocycles. The first-order valence-corrected chi connectivity index (χ1v) is 16.4. The van der Waals surface area contributed by atoms with Crippen molar-refractivity contribution in [3.8, 4) is 0 Å². The van der Waals surface area contributed by atoms with E-state index in [1.54, 1.807) is 14.0 Å². The van der Waals surface area contributed by atoms with Crippen molar-refractivity contribution >= 4 is 76.1 Å². The van der Waals surface area contributed by atoms with Gasteiger partial charge >= 0.3 is 47.4 Å². The molecular weight excluding hydrogens is 693 g/mol. The van der Waals surface area contributed by atoms with Gasteiger partial charge in [0.1, 0.15) is 11.4 Å². The molecule has 0 bridgehead atoms. The Morgan fingerprint density at radius 2 is 1.96 bits per heavy atom. The van der Waals surface area contributed by atoms with Gasteiger partial charge in [-0.05, 0) is 35.1 Å². The molecule has 0 radical (unpaired) electrons. The Labute approximate surface area is 307 Å². The second-order valence-electron chi connectivity index (χ2n) is 10.9. The summed E-state index contributed by atoms with van der Waals surface area (Å²) in [5.41, 5.74) is 10.9. The predicted octanol–water partition coefficient (Wildman–Crippen LogP) is -6.62. The van der Waals surface area contributed by atoms with Gasteiger partial charge in [-0.3, -0.25) is 34.7 Å². The van der Waals surface area contributed by atoms with Gasteiger partial charge in [0.15, 0.2) is 11.6 Å². The molecule has 7 N–H and O–H groups in total. The normalized spacial score (nSPS) is 20.4. The van der Waals surface area contributed by atoms with Crippen molar-refractivity contribution in [3.63, 3.8) is 0 Å². The van der Waals surface area contributed by atoms with Crippen LogP contribution in [0.3, 0.4) is 0 Å². The number of imidazole rings is 1. The van der Waals surface area contributed by atoms with E-state index in [0.29, 0.717) is 26.7 Å². The van der Waals surface area contributed by atoms with Gasteiger partial charge < -0.3 is 36.2 Å². The number of aromatic amines is 1. The average Bonchev–Trinajstić information content (AvgIpc) is 3.65. The second kappa shape index (κ2) is 14.0. The first-order valence-electron chi connectivity index (χ1n) is 14.4. The number of aliphatic carboxylic acids is 1. The van der Waals surface area contributed by atoms with Gasteiger partial charge in [-0.2, -0.15) is 0 Å². The molecule has 3 atom stereocenters. The van der Waals surface area contributed by atoms with Crippen LogP contribution >= 0.6 is 23.5 Å². The number of hydrogen-bond acceptors (Lipinski definition) is 15. The number of aryl methyl sites for hydroxylation is 1. The van der Waals surface area contributed by atoms with E-state index in [-0.39, 0.29) is 77.9 Å². The van der Waals surface area contributed by atoms with Crippen molar-refractivity contribution in [1.82, 2.24) is 55.5 Å². The molecule has 6 rings (SSSR count). The zero-order chi connectivity index (χ0) is 34.5. The minimum absolute atomic E-state index is 0. The molecule has 252 valence electrons. The molecule has 2 fully saturated rings. The minimum atomic E-state index is -2.41. The van der Waals surface area contributed by atoms with Crippen LogP contribution in [-0.2, 0) is 36.7 Å². The number of thioether (sulfide) groups is 2. The molecule has 1 aromatic carbocycles. The van der Waals surface area contributed by atoms with Crippen molar-refractivity contribution in [2.24, 2.45) is 12.8 Å². The van der Waals surface area contributed by atoms with Crippen LogP contribution in [0.5, 0.6) is 0 Å². The van der Waals surface area contributed by atoms with Crippen molar-refractivity contribution in [1.29, 1.82) is 0 Å². The molecular formula is C26H28N13NaO7S2. The Morgan fingerprint density at radius 3 is 2.63 bits per heavy atom. The van der Waals surface area contributed by atoms with E-state index in [9.17, 15) is 33.9 Å². The number of carbonyl (C=O) groups excluding carboxylic acids is 6. The number of nitrogen functional groups attached to an aromatic ring is 1. The predicted molar refractivity (Wildman–Crippen MR) is 165 cm³/mol.